The van der Waals surface area contributed by atoms with Gasteiger partial charge in [0.05, 0.1) is 13.7 Å². The van der Waals surface area contributed by atoms with E-state index in [-0.39, 0.29) is 5.91 Å². The zero-order valence-electron chi connectivity index (χ0n) is 12.5. The van der Waals surface area contributed by atoms with E-state index in [9.17, 15) is 4.79 Å². The summed E-state index contributed by atoms with van der Waals surface area (Å²) in [6, 6.07) is 4.12. The lowest BCUT2D eigenvalue weighted by atomic mass is 10.0. The Morgan fingerprint density at radius 1 is 1.37 bits per heavy atom. The van der Waals surface area contributed by atoms with E-state index in [0.717, 1.165) is 23.4 Å². The SMILES string of the molecule is CCNCC(=O)N(C)Cc1c(C)cc(C)cc1OC. The zero-order valence-corrected chi connectivity index (χ0v) is 12.5. The summed E-state index contributed by atoms with van der Waals surface area (Å²) in [6.07, 6.45) is 0. The van der Waals surface area contributed by atoms with Crippen molar-refractivity contribution in [2.75, 3.05) is 27.2 Å². The molecule has 1 aromatic carbocycles. The molecule has 1 amide bonds. The number of likely N-dealkylation sites (N-methyl/N-ethyl adjacent to an activating group) is 2. The first kappa shape index (κ1) is 15.5. The Kier molecular flexibility index (Phi) is 5.83. The number of benzene rings is 1. The van der Waals surface area contributed by atoms with E-state index in [1.807, 2.05) is 33.9 Å². The van der Waals surface area contributed by atoms with Gasteiger partial charge in [0.25, 0.3) is 0 Å². The maximum Gasteiger partial charge on any atom is 0.236 e. The fourth-order valence-corrected chi connectivity index (χ4v) is 2.04. The van der Waals surface area contributed by atoms with Crippen molar-refractivity contribution in [1.29, 1.82) is 0 Å². The Bertz CT molecular complexity index is 444. The summed E-state index contributed by atoms with van der Waals surface area (Å²) in [5.74, 6) is 0.935. The largest absolute Gasteiger partial charge is 0.496 e. The Balaban J connectivity index is 2.84. The third kappa shape index (κ3) is 4.24. The second kappa shape index (κ2) is 7.14. The molecule has 4 nitrogen and oxygen atoms in total. The molecular formula is C15H24N2O2. The molecule has 1 aromatic rings. The lowest BCUT2D eigenvalue weighted by Gasteiger charge is -2.21. The maximum absolute atomic E-state index is 11.9. The van der Waals surface area contributed by atoms with Gasteiger partial charge in [0, 0.05) is 19.2 Å². The topological polar surface area (TPSA) is 41.6 Å². The van der Waals surface area contributed by atoms with Crippen LogP contribution in [0.5, 0.6) is 5.75 Å². The fraction of sp³-hybridized carbons (Fsp3) is 0.533. The Hall–Kier alpha value is -1.55. The molecule has 0 heterocycles. The average molecular weight is 264 g/mol. The highest BCUT2D eigenvalue weighted by Crippen LogP contribution is 2.25. The van der Waals surface area contributed by atoms with E-state index >= 15 is 0 Å². The van der Waals surface area contributed by atoms with Crippen molar-refractivity contribution in [2.45, 2.75) is 27.3 Å². The smallest absolute Gasteiger partial charge is 0.236 e. The van der Waals surface area contributed by atoms with Crippen molar-refractivity contribution < 1.29 is 9.53 Å². The molecule has 0 saturated carbocycles. The van der Waals surface area contributed by atoms with E-state index in [1.54, 1.807) is 12.0 Å². The van der Waals surface area contributed by atoms with E-state index in [0.29, 0.717) is 13.1 Å². The second-order valence-corrected chi connectivity index (χ2v) is 4.79. The Morgan fingerprint density at radius 2 is 2.05 bits per heavy atom. The summed E-state index contributed by atoms with van der Waals surface area (Å²) in [7, 11) is 3.48. The summed E-state index contributed by atoms with van der Waals surface area (Å²) < 4.78 is 5.42. The van der Waals surface area contributed by atoms with E-state index in [4.69, 9.17) is 4.74 Å². The molecule has 0 radical (unpaired) electrons. The van der Waals surface area contributed by atoms with E-state index < -0.39 is 0 Å². The molecule has 0 unspecified atom stereocenters. The van der Waals surface area contributed by atoms with Gasteiger partial charge in [-0.05, 0) is 37.6 Å². The molecule has 0 aliphatic carbocycles. The minimum absolute atomic E-state index is 0.0869. The monoisotopic (exact) mass is 264 g/mol. The Morgan fingerprint density at radius 3 is 2.63 bits per heavy atom. The third-order valence-corrected chi connectivity index (χ3v) is 3.14. The van der Waals surface area contributed by atoms with Crippen molar-refractivity contribution >= 4 is 5.91 Å². The molecule has 0 atom stereocenters. The molecule has 19 heavy (non-hydrogen) atoms. The summed E-state index contributed by atoms with van der Waals surface area (Å²) in [4.78, 5) is 13.6. The minimum atomic E-state index is 0.0869. The van der Waals surface area contributed by atoms with Crippen LogP contribution < -0.4 is 10.1 Å². The molecule has 0 bridgehead atoms. The van der Waals surface area contributed by atoms with Crippen LogP contribution in [-0.2, 0) is 11.3 Å². The van der Waals surface area contributed by atoms with Crippen LogP contribution in [0.2, 0.25) is 0 Å². The quantitative estimate of drug-likeness (QED) is 0.853. The number of carbonyl (C=O) groups is 1. The molecular weight excluding hydrogens is 240 g/mol. The average Bonchev–Trinajstić information content (AvgIpc) is 2.38. The van der Waals surface area contributed by atoms with E-state index in [1.165, 1.54) is 5.56 Å². The number of nitrogens with one attached hydrogen (secondary N) is 1. The van der Waals surface area contributed by atoms with Crippen LogP contribution in [0.3, 0.4) is 0 Å². The molecule has 106 valence electrons. The number of hydrogen-bond donors (Lipinski definition) is 1. The van der Waals surface area contributed by atoms with Gasteiger partial charge in [-0.3, -0.25) is 4.79 Å². The van der Waals surface area contributed by atoms with Crippen LogP contribution in [0.25, 0.3) is 0 Å². The highest BCUT2D eigenvalue weighted by atomic mass is 16.5. The van der Waals surface area contributed by atoms with Crippen molar-refractivity contribution in [1.82, 2.24) is 10.2 Å². The number of amides is 1. The first-order valence-corrected chi connectivity index (χ1v) is 6.58. The Labute approximate surface area is 115 Å². The van der Waals surface area contributed by atoms with Crippen LogP contribution in [0.1, 0.15) is 23.6 Å². The van der Waals surface area contributed by atoms with Gasteiger partial charge in [0.2, 0.25) is 5.91 Å². The molecule has 0 spiro atoms. The van der Waals surface area contributed by atoms with Crippen molar-refractivity contribution in [3.63, 3.8) is 0 Å². The number of rotatable bonds is 6. The third-order valence-electron chi connectivity index (χ3n) is 3.14. The lowest BCUT2D eigenvalue weighted by Crippen LogP contribution is -2.35. The maximum atomic E-state index is 11.9. The number of hydrogen-bond acceptors (Lipinski definition) is 3. The van der Waals surface area contributed by atoms with Gasteiger partial charge in [0.15, 0.2) is 0 Å². The van der Waals surface area contributed by atoms with Crippen LogP contribution in [0.4, 0.5) is 0 Å². The van der Waals surface area contributed by atoms with Gasteiger partial charge >= 0.3 is 0 Å². The summed E-state index contributed by atoms with van der Waals surface area (Å²) >= 11 is 0. The van der Waals surface area contributed by atoms with Crippen LogP contribution in [0, 0.1) is 13.8 Å². The molecule has 0 fully saturated rings. The normalized spacial score (nSPS) is 10.4. The van der Waals surface area contributed by atoms with Crippen molar-refractivity contribution in [3.05, 3.63) is 28.8 Å². The molecule has 1 N–H and O–H groups in total. The lowest BCUT2D eigenvalue weighted by molar-refractivity contribution is -0.129. The summed E-state index contributed by atoms with van der Waals surface area (Å²) in [6.45, 7) is 7.82. The van der Waals surface area contributed by atoms with Gasteiger partial charge < -0.3 is 15.0 Å². The fourth-order valence-electron chi connectivity index (χ4n) is 2.04. The molecule has 0 aromatic heterocycles. The summed E-state index contributed by atoms with van der Waals surface area (Å²) in [5, 5.41) is 3.04. The molecule has 1 rings (SSSR count). The number of carbonyl (C=O) groups excluding carboxylic acids is 1. The standard InChI is InChI=1S/C15H24N2O2/c1-6-16-9-15(18)17(4)10-13-12(3)7-11(2)8-14(13)19-5/h7-8,16H,6,9-10H2,1-5H3. The highest BCUT2D eigenvalue weighted by molar-refractivity contribution is 5.78. The zero-order chi connectivity index (χ0) is 14.4. The van der Waals surface area contributed by atoms with E-state index in [2.05, 4.69) is 11.4 Å². The number of aryl methyl sites for hydroxylation is 2. The van der Waals surface area contributed by atoms with Gasteiger partial charge in [0.1, 0.15) is 5.75 Å². The van der Waals surface area contributed by atoms with Crippen molar-refractivity contribution in [3.8, 4) is 5.75 Å². The molecule has 4 heteroatoms. The van der Waals surface area contributed by atoms with Crippen molar-refractivity contribution in [2.24, 2.45) is 0 Å². The summed E-state index contributed by atoms with van der Waals surface area (Å²) in [5.41, 5.74) is 3.39. The first-order valence-electron chi connectivity index (χ1n) is 6.58. The predicted octanol–water partition coefficient (Wildman–Crippen LogP) is 1.88. The molecule has 0 aliphatic heterocycles. The second-order valence-electron chi connectivity index (χ2n) is 4.79. The number of ether oxygens (including phenoxy) is 1. The minimum Gasteiger partial charge on any atom is -0.496 e. The molecule has 0 saturated heterocycles. The highest BCUT2D eigenvalue weighted by Gasteiger charge is 2.14. The van der Waals surface area contributed by atoms with Gasteiger partial charge in [-0.15, -0.1) is 0 Å². The molecule has 0 aliphatic rings. The van der Waals surface area contributed by atoms with Gasteiger partial charge in [-0.25, -0.2) is 0 Å². The first-order chi connectivity index (χ1) is 8.99. The van der Waals surface area contributed by atoms with Crippen LogP contribution >= 0.6 is 0 Å². The predicted molar refractivity (Wildman–Crippen MR) is 77.5 cm³/mol. The number of methoxy groups -OCH3 is 1. The van der Waals surface area contributed by atoms with Gasteiger partial charge in [-0.1, -0.05) is 13.0 Å². The van der Waals surface area contributed by atoms with Crippen LogP contribution in [-0.4, -0.2) is 38.1 Å². The van der Waals surface area contributed by atoms with Gasteiger partial charge in [-0.2, -0.15) is 0 Å². The van der Waals surface area contributed by atoms with Crippen LogP contribution in [0.15, 0.2) is 12.1 Å². The number of nitrogens with zero attached hydrogens (tertiary/aromatic N) is 1.